The van der Waals surface area contributed by atoms with Crippen LogP contribution in [0.15, 0.2) is 72.8 Å². The maximum absolute atomic E-state index is 13.5. The Labute approximate surface area is 224 Å². The minimum atomic E-state index is -0.213. The Kier molecular flexibility index (Phi) is 4.85. The van der Waals surface area contributed by atoms with Gasteiger partial charge in [-0.05, 0) is 104 Å². The molecule has 0 spiro atoms. The number of pyridine rings is 1. The minimum absolute atomic E-state index is 0.00942. The van der Waals surface area contributed by atoms with Gasteiger partial charge in [0.15, 0.2) is 5.78 Å². The summed E-state index contributed by atoms with van der Waals surface area (Å²) >= 11 is 0. The molecule has 4 aromatic carbocycles. The smallest absolute Gasteiger partial charge is 0.179 e. The van der Waals surface area contributed by atoms with E-state index in [0.29, 0.717) is 6.54 Å². The minimum Gasteiger partial charge on any atom is -0.320 e. The highest BCUT2D eigenvalue weighted by atomic mass is 19.1. The molecule has 4 nitrogen and oxygen atoms in total. The summed E-state index contributed by atoms with van der Waals surface area (Å²) in [6, 6.07) is 21.5. The summed E-state index contributed by atoms with van der Waals surface area (Å²) in [4.78, 5) is 17.6. The Morgan fingerprint density at radius 3 is 2.62 bits per heavy atom. The molecule has 1 unspecified atom stereocenters. The Balaban J connectivity index is 1.33. The highest BCUT2D eigenvalue weighted by Crippen LogP contribution is 2.36. The summed E-state index contributed by atoms with van der Waals surface area (Å²) in [5.41, 5.74) is 14.9. The highest BCUT2D eigenvalue weighted by molar-refractivity contribution is 6.21. The van der Waals surface area contributed by atoms with Gasteiger partial charge >= 0.3 is 0 Å². The van der Waals surface area contributed by atoms with Gasteiger partial charge < -0.3 is 5.43 Å². The van der Waals surface area contributed by atoms with Crippen molar-refractivity contribution in [2.75, 3.05) is 5.43 Å². The number of aryl methyl sites for hydroxylation is 1. The van der Waals surface area contributed by atoms with E-state index >= 15 is 0 Å². The Morgan fingerprint density at radius 2 is 1.72 bits per heavy atom. The van der Waals surface area contributed by atoms with Crippen molar-refractivity contribution in [2.24, 2.45) is 0 Å². The molecule has 5 aromatic rings. The van der Waals surface area contributed by atoms with E-state index in [1.54, 1.807) is 12.2 Å². The van der Waals surface area contributed by atoms with Crippen molar-refractivity contribution in [1.29, 1.82) is 0 Å². The molecule has 0 fully saturated rings. The standard InChI is InChI=1S/C34H23FN3O/c35-22-6-3-19(4-7-22)21-2-1-20-5-8-25-24(28(20)15-21)9-10-26-29(25)16-23(39)17-30(26)27-11-12-32-34-31(27)18-37-38-33(34)13-14-36-32/h3-13,15-17,21,37-38H,1-2,18H2. The van der Waals surface area contributed by atoms with Crippen LogP contribution in [-0.4, -0.2) is 10.8 Å². The molecule has 1 atom stereocenters. The second-order valence-corrected chi connectivity index (χ2v) is 10.5. The Bertz CT molecular complexity index is 2030. The van der Waals surface area contributed by atoms with Crippen molar-refractivity contribution < 1.29 is 9.18 Å². The molecular formula is C34H23FN3O. The molecule has 5 heteroatoms. The predicted molar refractivity (Wildman–Crippen MR) is 153 cm³/mol. The first-order valence-electron chi connectivity index (χ1n) is 13.3. The van der Waals surface area contributed by atoms with Crippen molar-refractivity contribution in [3.8, 4) is 0 Å². The number of nitrogens with zero attached hydrogens (tertiary/aromatic N) is 1. The van der Waals surface area contributed by atoms with E-state index in [9.17, 15) is 9.18 Å². The number of aromatic nitrogens is 1. The third kappa shape index (κ3) is 3.47. The van der Waals surface area contributed by atoms with Gasteiger partial charge in [0.05, 0.1) is 17.4 Å². The maximum atomic E-state index is 13.5. The zero-order chi connectivity index (χ0) is 26.1. The van der Waals surface area contributed by atoms with Crippen LogP contribution in [0.2, 0.25) is 0 Å². The third-order valence-corrected chi connectivity index (χ3v) is 8.36. The van der Waals surface area contributed by atoms with E-state index in [1.807, 2.05) is 24.3 Å². The van der Waals surface area contributed by atoms with Crippen molar-refractivity contribution in [1.82, 2.24) is 10.4 Å². The molecule has 0 amide bonds. The molecule has 0 bridgehead atoms. The Hall–Kier alpha value is -4.61. The monoisotopic (exact) mass is 508 g/mol. The maximum Gasteiger partial charge on any atom is 0.179 e. The number of carbonyl (C=O) groups is 1. The second kappa shape index (κ2) is 8.45. The number of allylic oxidation sites excluding steroid dienone is 1. The van der Waals surface area contributed by atoms with Gasteiger partial charge in [0.2, 0.25) is 0 Å². The van der Waals surface area contributed by atoms with Crippen LogP contribution in [0.1, 0.15) is 40.2 Å². The molecule has 187 valence electrons. The molecule has 1 radical (unpaired) electrons. The normalized spacial score (nSPS) is 17.5. The number of rotatable bonds is 2. The molecular weight excluding hydrogens is 485 g/mol. The number of hydrogen-bond donors (Lipinski definition) is 2. The molecule has 8 rings (SSSR count). The zero-order valence-electron chi connectivity index (χ0n) is 21.0. The molecule has 2 N–H and O–H groups in total. The summed E-state index contributed by atoms with van der Waals surface area (Å²) in [5.74, 6) is 0.00649. The molecule has 2 heterocycles. The average molecular weight is 509 g/mol. The van der Waals surface area contributed by atoms with Crippen LogP contribution in [0.25, 0.3) is 39.4 Å². The first-order valence-corrected chi connectivity index (χ1v) is 13.3. The number of hydrazine groups is 1. The number of carbonyl (C=O) groups excluding carboxylic acids is 1. The van der Waals surface area contributed by atoms with E-state index in [-0.39, 0.29) is 17.5 Å². The van der Waals surface area contributed by atoms with Gasteiger partial charge in [-0.2, -0.15) is 0 Å². The number of halogens is 1. The van der Waals surface area contributed by atoms with E-state index in [4.69, 9.17) is 0 Å². The Morgan fingerprint density at radius 1 is 0.897 bits per heavy atom. The molecule has 3 aliphatic rings. The molecule has 0 saturated heterocycles. The van der Waals surface area contributed by atoms with Crippen molar-refractivity contribution in [2.45, 2.75) is 25.3 Å². The van der Waals surface area contributed by atoms with Crippen LogP contribution in [0.5, 0.6) is 0 Å². The van der Waals surface area contributed by atoms with Gasteiger partial charge in [-0.15, -0.1) is 0 Å². The summed E-state index contributed by atoms with van der Waals surface area (Å²) in [6.45, 7) is 0.622. The van der Waals surface area contributed by atoms with Gasteiger partial charge in [0, 0.05) is 17.8 Å². The fourth-order valence-electron chi connectivity index (χ4n) is 6.53. The van der Waals surface area contributed by atoms with E-state index < -0.39 is 0 Å². The highest BCUT2D eigenvalue weighted by Gasteiger charge is 2.23. The van der Waals surface area contributed by atoms with Gasteiger partial charge in [0.25, 0.3) is 0 Å². The van der Waals surface area contributed by atoms with E-state index in [0.717, 1.165) is 73.2 Å². The SMILES string of the molecule is O=C1C=C(c2ccc3n[c]cc4c3c2CNN4)c2ccc3c4c(ccc3c2=C1)CCC(c1ccc(F)cc1)C=4. The number of nitrogens with one attached hydrogen (secondary N) is 2. The van der Waals surface area contributed by atoms with Crippen molar-refractivity contribution in [3.05, 3.63) is 123 Å². The second-order valence-electron chi connectivity index (χ2n) is 10.5. The lowest BCUT2D eigenvalue weighted by Crippen LogP contribution is -2.27. The van der Waals surface area contributed by atoms with Crippen LogP contribution in [0.4, 0.5) is 10.1 Å². The molecule has 2 aliphatic carbocycles. The van der Waals surface area contributed by atoms with E-state index in [2.05, 4.69) is 58.4 Å². The van der Waals surface area contributed by atoms with Crippen LogP contribution in [-0.2, 0) is 17.8 Å². The number of hydrogen-bond acceptors (Lipinski definition) is 4. The van der Waals surface area contributed by atoms with Gasteiger partial charge in [-0.1, -0.05) is 48.5 Å². The number of benzene rings is 4. The van der Waals surface area contributed by atoms with Crippen molar-refractivity contribution >= 4 is 50.9 Å². The van der Waals surface area contributed by atoms with Gasteiger partial charge in [-0.3, -0.25) is 4.79 Å². The average Bonchev–Trinajstić information content (AvgIpc) is 2.97. The quantitative estimate of drug-likeness (QED) is 0.350. The lowest BCUT2D eigenvalue weighted by Gasteiger charge is -2.24. The number of ketones is 1. The summed E-state index contributed by atoms with van der Waals surface area (Å²) in [7, 11) is 0. The molecule has 39 heavy (non-hydrogen) atoms. The predicted octanol–water partition coefficient (Wildman–Crippen LogP) is 5.06. The van der Waals surface area contributed by atoms with Gasteiger partial charge in [-0.25, -0.2) is 14.8 Å². The largest absolute Gasteiger partial charge is 0.320 e. The third-order valence-electron chi connectivity index (χ3n) is 8.36. The molecule has 0 saturated carbocycles. The summed E-state index contributed by atoms with van der Waals surface area (Å²) in [6.07, 6.45) is 10.8. The number of anilines is 1. The summed E-state index contributed by atoms with van der Waals surface area (Å²) < 4.78 is 13.5. The van der Waals surface area contributed by atoms with Crippen LogP contribution >= 0.6 is 0 Å². The zero-order valence-corrected chi connectivity index (χ0v) is 21.0. The number of fused-ring (bicyclic) bond motifs is 5. The first-order chi connectivity index (χ1) is 19.1. The lowest BCUT2D eigenvalue weighted by atomic mass is 9.82. The topological polar surface area (TPSA) is 54.0 Å². The fraction of sp³-hybridized carbons (Fsp3) is 0.118. The van der Waals surface area contributed by atoms with E-state index in [1.165, 1.54) is 22.9 Å². The van der Waals surface area contributed by atoms with Crippen molar-refractivity contribution in [3.63, 3.8) is 0 Å². The molecule has 1 aliphatic heterocycles. The van der Waals surface area contributed by atoms with Gasteiger partial charge in [0.1, 0.15) is 5.82 Å². The lowest BCUT2D eigenvalue weighted by molar-refractivity contribution is -0.109. The summed E-state index contributed by atoms with van der Waals surface area (Å²) in [5, 5.41) is 5.47. The van der Waals surface area contributed by atoms with Crippen LogP contribution in [0.3, 0.4) is 0 Å². The van der Waals surface area contributed by atoms with Crippen LogP contribution in [0, 0.1) is 12.0 Å². The van der Waals surface area contributed by atoms with Crippen LogP contribution < -0.4 is 21.3 Å². The fourth-order valence-corrected chi connectivity index (χ4v) is 6.53. The molecule has 1 aromatic heterocycles. The first kappa shape index (κ1) is 22.4.